The van der Waals surface area contributed by atoms with Crippen LogP contribution in [0.1, 0.15) is 41.0 Å². The number of carbonyl (C=O) groups excluding carboxylic acids is 2. The Kier molecular flexibility index (Phi) is 4.75. The summed E-state index contributed by atoms with van der Waals surface area (Å²) in [6.45, 7) is 11.9. The van der Waals surface area contributed by atoms with Crippen LogP contribution in [0, 0.1) is 10.8 Å². The van der Waals surface area contributed by atoms with Gasteiger partial charge in [-0.1, -0.05) is 0 Å². The van der Waals surface area contributed by atoms with Gasteiger partial charge in [0, 0.05) is 0 Å². The number of nitrogens with zero attached hydrogens (tertiary/aromatic N) is 2. The molecule has 0 N–H and O–H groups in total. The maximum atomic E-state index is 13.1. The molecule has 0 aromatic heterocycles. The molecule has 2 aliphatic heterocycles. The van der Waals surface area contributed by atoms with Crippen LogP contribution in [0.25, 0.3) is 0 Å². The number of carbonyl (C=O) groups is 2. The van der Waals surface area contributed by atoms with Gasteiger partial charge in [-0.15, -0.1) is 0 Å². The summed E-state index contributed by atoms with van der Waals surface area (Å²) in [6.07, 6.45) is 0.736. The molecular weight excluding hydrogens is 292 g/mol. The van der Waals surface area contributed by atoms with E-state index in [2.05, 4.69) is 13.8 Å². The zero-order chi connectivity index (χ0) is 16.1. The second kappa shape index (κ2) is 5.68. The summed E-state index contributed by atoms with van der Waals surface area (Å²) in [5.41, 5.74) is -1.43. The van der Waals surface area contributed by atoms with Gasteiger partial charge in [-0.2, -0.15) is 0 Å². The zero-order valence-electron chi connectivity index (χ0n) is 14.5. The van der Waals surface area contributed by atoms with Crippen molar-refractivity contribution in [1.29, 1.82) is 0 Å². The molecule has 1 atom stereocenters. The number of rotatable bonds is 2. The van der Waals surface area contributed by atoms with Crippen molar-refractivity contribution in [3.63, 3.8) is 0 Å². The Balaban J connectivity index is 2.29. The van der Waals surface area contributed by atoms with E-state index in [0.717, 1.165) is 19.5 Å². The van der Waals surface area contributed by atoms with E-state index in [1.165, 1.54) is 5.04 Å². The third-order valence-electron chi connectivity index (χ3n) is 6.03. The molecule has 116 valence electrons. The second-order valence-corrected chi connectivity index (χ2v) is 11.5. The molecule has 0 aromatic carbocycles. The van der Waals surface area contributed by atoms with Gasteiger partial charge in [-0.05, 0) is 0 Å². The van der Waals surface area contributed by atoms with Crippen LogP contribution in [0.15, 0.2) is 0 Å². The fourth-order valence-corrected chi connectivity index (χ4v) is 6.36. The van der Waals surface area contributed by atoms with Crippen molar-refractivity contribution in [3.8, 4) is 0 Å². The van der Waals surface area contributed by atoms with E-state index in [4.69, 9.17) is 0 Å². The molecule has 2 saturated heterocycles. The molecule has 0 spiro atoms. The minimum atomic E-state index is -0.642. The molecule has 0 aliphatic carbocycles. The monoisotopic (exact) mass is 320 g/mol. The van der Waals surface area contributed by atoms with Crippen molar-refractivity contribution in [2.45, 2.75) is 51.6 Å². The average molecular weight is 320 g/mol. The standard InChI is InChI=1S/C16H28N2O2.Ca/c1-9-18(10-2)12(19)15(5,6)16(7)11-14(3,4)17(8)13(16)20;/h1-2,9-11H2,3-8H3;. The molecule has 4 nitrogen and oxygen atoms in total. The van der Waals surface area contributed by atoms with E-state index in [0.29, 0.717) is 0 Å². The molecule has 0 radical (unpaired) electrons. The summed E-state index contributed by atoms with van der Waals surface area (Å²) >= 11 is -0.337. The molecular formula is C16H28CaN2O2. The van der Waals surface area contributed by atoms with Crippen LogP contribution in [0.3, 0.4) is 0 Å². The van der Waals surface area contributed by atoms with Gasteiger partial charge in [-0.25, -0.2) is 0 Å². The van der Waals surface area contributed by atoms with Crippen molar-refractivity contribution in [3.05, 3.63) is 0 Å². The summed E-state index contributed by atoms with van der Waals surface area (Å²) < 4.78 is 2.54. The van der Waals surface area contributed by atoms with Crippen molar-refractivity contribution in [2.24, 2.45) is 10.8 Å². The number of likely N-dealkylation sites (tertiary alicyclic amines) is 1. The fraction of sp³-hybridized carbons (Fsp3) is 0.875. The van der Waals surface area contributed by atoms with E-state index in [1.54, 1.807) is 0 Å². The second-order valence-electron chi connectivity index (χ2n) is 8.16. The summed E-state index contributed by atoms with van der Waals surface area (Å²) in [6, 6.07) is 0. The first-order valence-electron chi connectivity index (χ1n) is 8.12. The molecule has 21 heavy (non-hydrogen) atoms. The summed E-state index contributed by atoms with van der Waals surface area (Å²) in [5.74, 6) is 0.284. The number of hydrogen-bond acceptors (Lipinski definition) is 2. The Morgan fingerprint density at radius 3 is 2.14 bits per heavy atom. The first-order valence-corrected chi connectivity index (χ1v) is 11.2. The van der Waals surface area contributed by atoms with Crippen LogP contribution in [0.5, 0.6) is 0 Å². The van der Waals surface area contributed by atoms with Crippen LogP contribution in [-0.4, -0.2) is 81.1 Å². The molecule has 2 amide bonds. The predicted octanol–water partition coefficient (Wildman–Crippen LogP) is 2.04. The summed E-state index contributed by atoms with van der Waals surface area (Å²) in [7, 11) is 1.86. The van der Waals surface area contributed by atoms with Crippen LogP contribution >= 0.6 is 0 Å². The molecule has 0 bridgehead atoms. The van der Waals surface area contributed by atoms with Gasteiger partial charge < -0.3 is 0 Å². The van der Waals surface area contributed by atoms with Crippen LogP contribution in [-0.2, 0) is 9.59 Å². The Morgan fingerprint density at radius 2 is 1.71 bits per heavy atom. The Morgan fingerprint density at radius 1 is 1.19 bits per heavy atom. The molecule has 1 unspecified atom stereocenters. The third kappa shape index (κ3) is 2.76. The molecule has 2 heterocycles. The van der Waals surface area contributed by atoms with E-state index >= 15 is 0 Å². The van der Waals surface area contributed by atoms with E-state index < -0.39 is 10.8 Å². The zero-order valence-corrected chi connectivity index (χ0v) is 16.7. The van der Waals surface area contributed by atoms with Gasteiger partial charge in [0.15, 0.2) is 0 Å². The van der Waals surface area contributed by atoms with Gasteiger partial charge in [0.05, 0.1) is 0 Å². The van der Waals surface area contributed by atoms with Crippen LogP contribution < -0.4 is 0 Å². The van der Waals surface area contributed by atoms with Gasteiger partial charge >= 0.3 is 148 Å². The quantitative estimate of drug-likeness (QED) is 0.731. The first kappa shape index (κ1) is 17.6. The van der Waals surface area contributed by atoms with Gasteiger partial charge in [0.1, 0.15) is 0 Å². The van der Waals surface area contributed by atoms with E-state index in [-0.39, 0.29) is 51.2 Å². The van der Waals surface area contributed by atoms with Crippen molar-refractivity contribution in [2.75, 3.05) is 20.1 Å². The van der Waals surface area contributed by atoms with Crippen molar-refractivity contribution in [1.82, 2.24) is 9.80 Å². The number of hydrogen-bond donors (Lipinski definition) is 0. The van der Waals surface area contributed by atoms with Crippen LogP contribution in [0.4, 0.5) is 0 Å². The van der Waals surface area contributed by atoms with Crippen molar-refractivity contribution >= 4 is 45.7 Å². The summed E-state index contributed by atoms with van der Waals surface area (Å²) in [4.78, 5) is 29.7. The Labute approximate surface area is 146 Å². The molecule has 2 fully saturated rings. The SMILES string of the molecule is CN1C(=O)C(C)(C(C)(C)C(=O)N2C[CH2][Ca][CH2]C2)CC1(C)C. The molecule has 2 aliphatic rings. The maximum absolute atomic E-state index is 13.1. The molecule has 2 rings (SSSR count). The normalized spacial score (nSPS) is 29.1. The fourth-order valence-electron chi connectivity index (χ4n) is 3.92. The van der Waals surface area contributed by atoms with E-state index in [1.807, 2.05) is 37.6 Å². The molecule has 0 aromatic rings. The summed E-state index contributed by atoms with van der Waals surface area (Å²) in [5, 5.41) is 0. The van der Waals surface area contributed by atoms with Gasteiger partial charge in [0.25, 0.3) is 0 Å². The molecule has 5 heteroatoms. The minimum absolute atomic E-state index is 0.112. The Hall–Kier alpha value is 0.200. The third-order valence-corrected chi connectivity index (χ3v) is 8.58. The van der Waals surface area contributed by atoms with Crippen molar-refractivity contribution < 1.29 is 9.59 Å². The average Bonchev–Trinajstić information content (AvgIpc) is 2.60. The van der Waals surface area contributed by atoms with E-state index in [9.17, 15) is 9.59 Å². The van der Waals surface area contributed by atoms with Gasteiger partial charge in [-0.3, -0.25) is 0 Å². The van der Waals surface area contributed by atoms with Gasteiger partial charge in [0.2, 0.25) is 0 Å². The topological polar surface area (TPSA) is 40.6 Å². The first-order chi connectivity index (χ1) is 9.54. The Bertz CT molecular complexity index is 455. The number of amides is 2. The predicted molar refractivity (Wildman–Crippen MR) is 85.3 cm³/mol. The van der Waals surface area contributed by atoms with Crippen LogP contribution in [0.2, 0.25) is 5.04 Å². The molecule has 0 saturated carbocycles.